The summed E-state index contributed by atoms with van der Waals surface area (Å²) in [5, 5.41) is 12.5. The van der Waals surface area contributed by atoms with Gasteiger partial charge in [0.05, 0.1) is 17.6 Å². The Morgan fingerprint density at radius 1 is 0.952 bits per heavy atom. The van der Waals surface area contributed by atoms with Crippen molar-refractivity contribution in [1.29, 1.82) is 0 Å². The van der Waals surface area contributed by atoms with E-state index in [2.05, 4.69) is 36.5 Å². The molecular weight excluding hydrogens is 527 g/mol. The first-order valence-corrected chi connectivity index (χ1v) is 14.5. The number of rotatable bonds is 6. The van der Waals surface area contributed by atoms with E-state index in [0.29, 0.717) is 23.7 Å². The summed E-state index contributed by atoms with van der Waals surface area (Å²) < 4.78 is 14.2. The van der Waals surface area contributed by atoms with Crippen molar-refractivity contribution in [2.24, 2.45) is 5.92 Å². The topological polar surface area (TPSA) is 99.3 Å². The minimum atomic E-state index is -0.253. The fourth-order valence-electron chi connectivity index (χ4n) is 6.22. The second-order valence-electron chi connectivity index (χ2n) is 11.4. The minimum absolute atomic E-state index is 0.0399. The van der Waals surface area contributed by atoms with E-state index in [1.165, 1.54) is 25.3 Å². The van der Waals surface area contributed by atoms with E-state index in [-0.39, 0.29) is 11.7 Å². The SMILES string of the molecule is Cc1cc(F)cc(-c2cccc3[nH]c(-c4n[nH]c5ncc(-c6cncc(NC(=O)CC7CCCCC7)c6)cc45)cc23)c1. The highest BCUT2D eigenvalue weighted by atomic mass is 19.1. The number of amides is 1. The van der Waals surface area contributed by atoms with Gasteiger partial charge in [0.15, 0.2) is 5.65 Å². The summed E-state index contributed by atoms with van der Waals surface area (Å²) in [7, 11) is 0. The van der Waals surface area contributed by atoms with Crippen molar-refractivity contribution in [2.75, 3.05) is 5.32 Å². The van der Waals surface area contributed by atoms with Crippen LogP contribution in [0.4, 0.5) is 10.1 Å². The molecule has 42 heavy (non-hydrogen) atoms. The van der Waals surface area contributed by atoms with E-state index in [9.17, 15) is 9.18 Å². The molecule has 0 spiro atoms. The number of anilines is 1. The molecule has 1 saturated carbocycles. The molecule has 0 aliphatic heterocycles. The number of nitrogens with one attached hydrogen (secondary N) is 3. The molecule has 210 valence electrons. The van der Waals surface area contributed by atoms with Gasteiger partial charge < -0.3 is 10.3 Å². The van der Waals surface area contributed by atoms with Gasteiger partial charge in [0, 0.05) is 46.2 Å². The highest BCUT2D eigenvalue weighted by molar-refractivity contribution is 6.01. The Hall–Kier alpha value is -4.85. The summed E-state index contributed by atoms with van der Waals surface area (Å²) in [5.41, 5.74) is 8.22. The van der Waals surface area contributed by atoms with Gasteiger partial charge in [-0.3, -0.25) is 14.9 Å². The summed E-state index contributed by atoms with van der Waals surface area (Å²) in [6.45, 7) is 1.90. The lowest BCUT2D eigenvalue weighted by molar-refractivity contribution is -0.117. The van der Waals surface area contributed by atoms with Gasteiger partial charge in [-0.1, -0.05) is 37.5 Å². The third kappa shape index (κ3) is 5.16. The molecule has 4 heterocycles. The number of hydrogen-bond acceptors (Lipinski definition) is 4. The molecule has 1 aliphatic rings. The van der Waals surface area contributed by atoms with Crippen molar-refractivity contribution in [3.63, 3.8) is 0 Å². The maximum atomic E-state index is 14.2. The predicted octanol–water partition coefficient (Wildman–Crippen LogP) is 8.19. The van der Waals surface area contributed by atoms with Gasteiger partial charge in [-0.05, 0) is 78.8 Å². The molecule has 0 atom stereocenters. The molecule has 0 bridgehead atoms. The normalized spacial score (nSPS) is 14.0. The second-order valence-corrected chi connectivity index (χ2v) is 11.4. The van der Waals surface area contributed by atoms with Crippen molar-refractivity contribution in [3.05, 3.63) is 84.6 Å². The highest BCUT2D eigenvalue weighted by Crippen LogP contribution is 2.35. The Morgan fingerprint density at radius 2 is 1.81 bits per heavy atom. The molecule has 8 heteroatoms. The Kier molecular flexibility index (Phi) is 6.74. The van der Waals surface area contributed by atoms with Crippen LogP contribution in [-0.4, -0.2) is 31.1 Å². The van der Waals surface area contributed by atoms with Crippen molar-refractivity contribution >= 4 is 33.5 Å². The van der Waals surface area contributed by atoms with Crippen LogP contribution in [0.1, 0.15) is 44.1 Å². The van der Waals surface area contributed by atoms with Gasteiger partial charge >= 0.3 is 0 Å². The monoisotopic (exact) mass is 558 g/mol. The summed E-state index contributed by atoms with van der Waals surface area (Å²) in [5.74, 6) is 0.259. The summed E-state index contributed by atoms with van der Waals surface area (Å²) in [6.07, 6.45) is 11.8. The fraction of sp³-hybridized carbons (Fsp3) is 0.235. The molecule has 1 amide bonds. The lowest BCUT2D eigenvalue weighted by atomic mass is 9.87. The maximum Gasteiger partial charge on any atom is 0.224 e. The van der Waals surface area contributed by atoms with Crippen LogP contribution in [0.3, 0.4) is 0 Å². The van der Waals surface area contributed by atoms with E-state index in [0.717, 1.165) is 68.3 Å². The number of pyridine rings is 2. The Bertz CT molecular complexity index is 1910. The number of hydrogen-bond donors (Lipinski definition) is 3. The third-order valence-electron chi connectivity index (χ3n) is 8.24. The molecule has 4 aromatic heterocycles. The first-order chi connectivity index (χ1) is 20.5. The first-order valence-electron chi connectivity index (χ1n) is 14.5. The van der Waals surface area contributed by atoms with Gasteiger partial charge in [-0.15, -0.1) is 0 Å². The first kappa shape index (κ1) is 26.1. The number of carbonyl (C=O) groups is 1. The standard InChI is InChI=1S/C34H31FN6O/c1-20-10-22(13-25(35)11-20)27-8-5-9-30-28(27)16-31(39-30)33-29-15-24(18-37-34(29)41-40-33)23-14-26(19-36-17-23)38-32(42)12-21-6-3-2-4-7-21/h5,8-11,13-19,21,39H,2-4,6-7,12H2,1H3,(H,38,42)(H,37,40,41). The van der Waals surface area contributed by atoms with Crippen LogP contribution in [-0.2, 0) is 4.79 Å². The molecule has 7 rings (SSSR count). The number of halogens is 1. The van der Waals surface area contributed by atoms with Crippen molar-refractivity contribution < 1.29 is 9.18 Å². The molecular formula is C34H31FN6O. The number of carbonyl (C=O) groups excluding carboxylic acids is 1. The molecule has 1 fully saturated rings. The number of nitrogens with zero attached hydrogens (tertiary/aromatic N) is 3. The van der Waals surface area contributed by atoms with E-state index < -0.39 is 0 Å². The molecule has 2 aromatic carbocycles. The molecule has 1 aliphatic carbocycles. The lowest BCUT2D eigenvalue weighted by Gasteiger charge is -2.20. The van der Waals surface area contributed by atoms with Gasteiger partial charge in [0.25, 0.3) is 0 Å². The second kappa shape index (κ2) is 10.9. The maximum absolute atomic E-state index is 14.2. The predicted molar refractivity (Wildman–Crippen MR) is 164 cm³/mol. The van der Waals surface area contributed by atoms with E-state index in [1.54, 1.807) is 24.7 Å². The zero-order valence-electron chi connectivity index (χ0n) is 23.4. The number of fused-ring (bicyclic) bond motifs is 2. The number of aryl methyl sites for hydroxylation is 1. The highest BCUT2D eigenvalue weighted by Gasteiger charge is 2.18. The molecule has 3 N–H and O–H groups in total. The summed E-state index contributed by atoms with van der Waals surface area (Å²) in [4.78, 5) is 25.2. The summed E-state index contributed by atoms with van der Waals surface area (Å²) in [6, 6.07) is 17.1. The van der Waals surface area contributed by atoms with Crippen molar-refractivity contribution in [1.82, 2.24) is 25.1 Å². The Balaban J connectivity index is 1.20. The molecule has 0 unspecified atom stereocenters. The molecule has 0 saturated heterocycles. The Morgan fingerprint density at radius 3 is 2.67 bits per heavy atom. The molecule has 7 nitrogen and oxygen atoms in total. The fourth-order valence-corrected chi connectivity index (χ4v) is 6.22. The number of aromatic amines is 2. The van der Waals surface area contributed by atoms with Gasteiger partial charge in [-0.25, -0.2) is 9.37 Å². The minimum Gasteiger partial charge on any atom is -0.353 e. The number of H-pyrrole nitrogens is 2. The average Bonchev–Trinajstić information content (AvgIpc) is 3.61. The van der Waals surface area contributed by atoms with Crippen LogP contribution < -0.4 is 5.32 Å². The van der Waals surface area contributed by atoms with E-state index in [4.69, 9.17) is 0 Å². The van der Waals surface area contributed by atoms with Crippen LogP contribution in [0.5, 0.6) is 0 Å². The summed E-state index contributed by atoms with van der Waals surface area (Å²) >= 11 is 0. The van der Waals surface area contributed by atoms with Crippen LogP contribution >= 0.6 is 0 Å². The zero-order chi connectivity index (χ0) is 28.6. The Labute approximate surface area is 242 Å². The number of benzene rings is 2. The van der Waals surface area contributed by atoms with Gasteiger partial charge in [-0.2, -0.15) is 5.10 Å². The largest absolute Gasteiger partial charge is 0.353 e. The van der Waals surface area contributed by atoms with Crippen LogP contribution in [0.25, 0.3) is 55.6 Å². The third-order valence-corrected chi connectivity index (χ3v) is 8.24. The average molecular weight is 559 g/mol. The molecule has 6 aromatic rings. The molecule has 0 radical (unpaired) electrons. The lowest BCUT2D eigenvalue weighted by Crippen LogP contribution is -2.18. The zero-order valence-corrected chi connectivity index (χ0v) is 23.4. The van der Waals surface area contributed by atoms with Crippen molar-refractivity contribution in [3.8, 4) is 33.6 Å². The van der Waals surface area contributed by atoms with Crippen LogP contribution in [0.2, 0.25) is 0 Å². The van der Waals surface area contributed by atoms with Crippen molar-refractivity contribution in [2.45, 2.75) is 45.4 Å². The quantitative estimate of drug-likeness (QED) is 0.192. The van der Waals surface area contributed by atoms with E-state index in [1.807, 2.05) is 43.3 Å². The van der Waals surface area contributed by atoms with Gasteiger partial charge in [0.1, 0.15) is 11.5 Å². The number of aromatic nitrogens is 5. The van der Waals surface area contributed by atoms with Crippen LogP contribution in [0.15, 0.2) is 73.2 Å². The van der Waals surface area contributed by atoms with E-state index >= 15 is 0 Å². The smallest absolute Gasteiger partial charge is 0.224 e. The van der Waals surface area contributed by atoms with Gasteiger partial charge in [0.2, 0.25) is 5.91 Å². The van der Waals surface area contributed by atoms with Crippen LogP contribution in [0, 0.1) is 18.7 Å².